The van der Waals surface area contributed by atoms with Gasteiger partial charge in [-0.3, -0.25) is 0 Å². The molecule has 0 spiro atoms. The number of nitriles is 1. The summed E-state index contributed by atoms with van der Waals surface area (Å²) in [5.74, 6) is 0.689. The monoisotopic (exact) mass is 286 g/mol. The lowest BCUT2D eigenvalue weighted by atomic mass is 10.1. The molecule has 6 nitrogen and oxygen atoms in total. The van der Waals surface area contributed by atoms with Crippen LogP contribution in [0.1, 0.15) is 12.5 Å². The van der Waals surface area contributed by atoms with Crippen molar-refractivity contribution in [3.05, 3.63) is 29.6 Å². The van der Waals surface area contributed by atoms with Gasteiger partial charge in [0.05, 0.1) is 11.6 Å². The Labute approximate surface area is 122 Å². The standard InChI is InChI=1S/C14H15FN6/c1-4-17-13-18-12(19-14(20-13)21(2)3)10-5-9(8-16)6-11(15)7-10/h5-7H,4H2,1-3H3,(H,17,18,19,20). The minimum Gasteiger partial charge on any atom is -0.354 e. The predicted molar refractivity (Wildman–Crippen MR) is 78.4 cm³/mol. The molecule has 2 aromatic rings. The molecule has 1 N–H and O–H groups in total. The van der Waals surface area contributed by atoms with Crippen molar-refractivity contribution in [3.63, 3.8) is 0 Å². The van der Waals surface area contributed by atoms with Gasteiger partial charge in [0.1, 0.15) is 5.82 Å². The summed E-state index contributed by atoms with van der Waals surface area (Å²) in [5.41, 5.74) is 0.665. The zero-order valence-electron chi connectivity index (χ0n) is 12.1. The maximum Gasteiger partial charge on any atom is 0.230 e. The van der Waals surface area contributed by atoms with Crippen molar-refractivity contribution >= 4 is 11.9 Å². The molecular formula is C14H15FN6. The molecule has 1 aromatic heterocycles. The predicted octanol–water partition coefficient (Wildman–Crippen LogP) is 2.05. The first-order valence-electron chi connectivity index (χ1n) is 6.41. The zero-order valence-corrected chi connectivity index (χ0v) is 12.1. The van der Waals surface area contributed by atoms with Crippen LogP contribution in [0.5, 0.6) is 0 Å². The summed E-state index contributed by atoms with van der Waals surface area (Å²) < 4.78 is 13.6. The van der Waals surface area contributed by atoms with Crippen LogP contribution in [-0.4, -0.2) is 35.6 Å². The summed E-state index contributed by atoms with van der Waals surface area (Å²) >= 11 is 0. The van der Waals surface area contributed by atoms with E-state index in [9.17, 15) is 4.39 Å². The molecular weight excluding hydrogens is 271 g/mol. The second kappa shape index (κ2) is 6.13. The maximum atomic E-state index is 13.6. The molecule has 0 unspecified atom stereocenters. The summed E-state index contributed by atoms with van der Waals surface area (Å²) in [6.45, 7) is 2.58. The molecule has 0 bridgehead atoms. The van der Waals surface area contributed by atoms with Crippen molar-refractivity contribution in [3.8, 4) is 17.5 Å². The molecule has 0 fully saturated rings. The maximum absolute atomic E-state index is 13.6. The van der Waals surface area contributed by atoms with Crippen LogP contribution in [0.3, 0.4) is 0 Å². The van der Waals surface area contributed by atoms with Crippen molar-refractivity contribution in [2.75, 3.05) is 30.9 Å². The van der Waals surface area contributed by atoms with Gasteiger partial charge in [-0.25, -0.2) is 4.39 Å². The Hall–Kier alpha value is -2.75. The van der Waals surface area contributed by atoms with E-state index in [2.05, 4.69) is 20.3 Å². The van der Waals surface area contributed by atoms with E-state index < -0.39 is 5.82 Å². The Bertz CT molecular complexity index is 692. The Morgan fingerprint density at radius 3 is 2.62 bits per heavy atom. The average molecular weight is 286 g/mol. The molecule has 1 heterocycles. The van der Waals surface area contributed by atoms with Gasteiger partial charge >= 0.3 is 0 Å². The summed E-state index contributed by atoms with van der Waals surface area (Å²) in [6, 6.07) is 5.93. The fourth-order valence-corrected chi connectivity index (χ4v) is 1.71. The van der Waals surface area contributed by atoms with Gasteiger partial charge in [-0.1, -0.05) is 0 Å². The van der Waals surface area contributed by atoms with E-state index in [1.54, 1.807) is 25.1 Å². The molecule has 0 aliphatic rings. The van der Waals surface area contributed by atoms with E-state index in [0.29, 0.717) is 29.8 Å². The van der Waals surface area contributed by atoms with Crippen LogP contribution in [0, 0.1) is 17.1 Å². The van der Waals surface area contributed by atoms with Crippen LogP contribution in [-0.2, 0) is 0 Å². The first-order chi connectivity index (χ1) is 10.0. The number of nitrogens with zero attached hydrogens (tertiary/aromatic N) is 5. The van der Waals surface area contributed by atoms with Crippen LogP contribution >= 0.6 is 0 Å². The lowest BCUT2D eigenvalue weighted by Crippen LogP contribution is -2.16. The molecule has 7 heteroatoms. The van der Waals surface area contributed by atoms with Crippen LogP contribution in [0.2, 0.25) is 0 Å². The Morgan fingerprint density at radius 2 is 2.00 bits per heavy atom. The van der Waals surface area contributed by atoms with Crippen molar-refractivity contribution in [2.45, 2.75) is 6.92 Å². The van der Waals surface area contributed by atoms with Crippen molar-refractivity contribution in [2.24, 2.45) is 0 Å². The summed E-state index contributed by atoms with van der Waals surface area (Å²) in [6.07, 6.45) is 0. The molecule has 2 rings (SSSR count). The third-order valence-electron chi connectivity index (χ3n) is 2.64. The minimum absolute atomic E-state index is 0.224. The Balaban J connectivity index is 2.57. The first kappa shape index (κ1) is 14.7. The van der Waals surface area contributed by atoms with E-state index in [4.69, 9.17) is 5.26 Å². The second-order valence-corrected chi connectivity index (χ2v) is 4.55. The number of hydrogen-bond acceptors (Lipinski definition) is 6. The molecule has 1 aromatic carbocycles. The third kappa shape index (κ3) is 3.42. The smallest absolute Gasteiger partial charge is 0.230 e. The van der Waals surface area contributed by atoms with E-state index in [1.165, 1.54) is 12.1 Å². The fraction of sp³-hybridized carbons (Fsp3) is 0.286. The molecule has 0 aliphatic heterocycles. The molecule has 0 saturated carbocycles. The van der Waals surface area contributed by atoms with Crippen molar-refractivity contribution in [1.29, 1.82) is 5.26 Å². The largest absolute Gasteiger partial charge is 0.354 e. The van der Waals surface area contributed by atoms with Gasteiger partial charge in [-0.05, 0) is 25.1 Å². The topological polar surface area (TPSA) is 77.7 Å². The van der Waals surface area contributed by atoms with Gasteiger partial charge in [-0.15, -0.1) is 0 Å². The molecule has 108 valence electrons. The third-order valence-corrected chi connectivity index (χ3v) is 2.64. The number of rotatable bonds is 4. The van der Waals surface area contributed by atoms with Gasteiger partial charge in [-0.2, -0.15) is 20.2 Å². The van der Waals surface area contributed by atoms with Gasteiger partial charge in [0.2, 0.25) is 11.9 Å². The normalized spacial score (nSPS) is 10.0. The van der Waals surface area contributed by atoms with Crippen LogP contribution in [0.15, 0.2) is 18.2 Å². The summed E-state index contributed by atoms with van der Waals surface area (Å²) in [5, 5.41) is 11.9. The zero-order chi connectivity index (χ0) is 15.4. The van der Waals surface area contributed by atoms with Gasteiger partial charge in [0.25, 0.3) is 0 Å². The SMILES string of the molecule is CCNc1nc(-c2cc(F)cc(C#N)c2)nc(N(C)C)n1. The van der Waals surface area contributed by atoms with Crippen molar-refractivity contribution in [1.82, 2.24) is 15.0 Å². The molecule has 21 heavy (non-hydrogen) atoms. The van der Waals surface area contributed by atoms with Crippen LogP contribution in [0.4, 0.5) is 16.3 Å². The van der Waals surface area contributed by atoms with E-state index in [0.717, 1.165) is 0 Å². The Kier molecular flexibility index (Phi) is 4.28. The molecule has 0 aliphatic carbocycles. The number of aromatic nitrogens is 3. The average Bonchev–Trinajstić information content (AvgIpc) is 2.46. The minimum atomic E-state index is -0.499. The number of anilines is 2. The highest BCUT2D eigenvalue weighted by molar-refractivity contribution is 5.60. The highest BCUT2D eigenvalue weighted by Crippen LogP contribution is 2.21. The van der Waals surface area contributed by atoms with Gasteiger partial charge < -0.3 is 10.2 Å². The highest BCUT2D eigenvalue weighted by Gasteiger charge is 2.11. The van der Waals surface area contributed by atoms with Crippen molar-refractivity contribution < 1.29 is 4.39 Å². The number of nitrogens with one attached hydrogen (secondary N) is 1. The fourth-order valence-electron chi connectivity index (χ4n) is 1.71. The lowest BCUT2D eigenvalue weighted by Gasteiger charge is -2.13. The Morgan fingerprint density at radius 1 is 1.24 bits per heavy atom. The molecule has 0 saturated heterocycles. The van der Waals surface area contributed by atoms with E-state index >= 15 is 0 Å². The van der Waals surface area contributed by atoms with Gasteiger partial charge in [0.15, 0.2) is 5.82 Å². The van der Waals surface area contributed by atoms with Crippen LogP contribution < -0.4 is 10.2 Å². The van der Waals surface area contributed by atoms with Crippen LogP contribution in [0.25, 0.3) is 11.4 Å². The molecule has 0 atom stereocenters. The summed E-state index contributed by atoms with van der Waals surface area (Å²) in [7, 11) is 3.61. The van der Waals surface area contributed by atoms with Gasteiger partial charge in [0, 0.05) is 26.2 Å². The molecule has 0 radical (unpaired) electrons. The summed E-state index contributed by atoms with van der Waals surface area (Å²) in [4.78, 5) is 14.5. The lowest BCUT2D eigenvalue weighted by molar-refractivity contribution is 0.627. The number of halogens is 1. The molecule has 0 amide bonds. The first-order valence-corrected chi connectivity index (χ1v) is 6.41. The number of benzene rings is 1. The second-order valence-electron chi connectivity index (χ2n) is 4.55. The number of hydrogen-bond donors (Lipinski definition) is 1. The van der Waals surface area contributed by atoms with E-state index in [-0.39, 0.29) is 5.56 Å². The quantitative estimate of drug-likeness (QED) is 0.926. The highest BCUT2D eigenvalue weighted by atomic mass is 19.1. The van der Waals surface area contributed by atoms with E-state index in [1.807, 2.05) is 13.0 Å².